The Morgan fingerprint density at radius 3 is 2.75 bits per heavy atom. The monoisotopic (exact) mass is 169 g/mol. The summed E-state index contributed by atoms with van der Waals surface area (Å²) in [6.45, 7) is 2.68. The van der Waals surface area contributed by atoms with Crippen molar-refractivity contribution in [3.63, 3.8) is 0 Å². The zero-order valence-electron chi connectivity index (χ0n) is 7.62. The van der Waals surface area contributed by atoms with Crippen LogP contribution in [-0.4, -0.2) is 36.6 Å². The van der Waals surface area contributed by atoms with E-state index in [0.717, 1.165) is 12.3 Å². The number of esters is 1. The second kappa shape index (κ2) is 2.73. The molecule has 0 amide bonds. The summed E-state index contributed by atoms with van der Waals surface area (Å²) in [5.74, 6) is 0.630. The number of carbonyl (C=O) groups excluding carboxylic acids is 1. The molecule has 1 saturated carbocycles. The summed E-state index contributed by atoms with van der Waals surface area (Å²) in [6.07, 6.45) is 2.47. The summed E-state index contributed by atoms with van der Waals surface area (Å²) in [7, 11) is 2.11. The van der Waals surface area contributed by atoms with E-state index in [0.29, 0.717) is 6.04 Å². The molecule has 68 valence electrons. The minimum atomic E-state index is -0.138. The molecule has 1 saturated heterocycles. The second-order valence-corrected chi connectivity index (χ2v) is 3.99. The molecule has 2 bridgehead atoms. The van der Waals surface area contributed by atoms with Gasteiger partial charge in [-0.15, -0.1) is 0 Å². The van der Waals surface area contributed by atoms with Gasteiger partial charge in [0.25, 0.3) is 0 Å². The van der Waals surface area contributed by atoms with Crippen molar-refractivity contribution in [2.45, 2.75) is 31.9 Å². The van der Waals surface area contributed by atoms with Crippen molar-refractivity contribution < 1.29 is 9.53 Å². The van der Waals surface area contributed by atoms with Gasteiger partial charge in [0.1, 0.15) is 6.10 Å². The molecule has 3 nitrogen and oxygen atoms in total. The quantitative estimate of drug-likeness (QED) is 0.539. The van der Waals surface area contributed by atoms with E-state index in [4.69, 9.17) is 4.74 Å². The Balaban J connectivity index is 1.98. The highest BCUT2D eigenvalue weighted by atomic mass is 16.5. The first-order valence-corrected chi connectivity index (χ1v) is 4.54. The third-order valence-corrected chi connectivity index (χ3v) is 3.00. The molecule has 1 heterocycles. The molecule has 0 radical (unpaired) electrons. The van der Waals surface area contributed by atoms with Crippen molar-refractivity contribution in [1.82, 2.24) is 4.90 Å². The van der Waals surface area contributed by atoms with E-state index in [9.17, 15) is 4.79 Å². The second-order valence-electron chi connectivity index (χ2n) is 3.99. The van der Waals surface area contributed by atoms with Gasteiger partial charge in [0.15, 0.2) is 0 Å². The highest BCUT2D eigenvalue weighted by Gasteiger charge is 2.44. The van der Waals surface area contributed by atoms with Gasteiger partial charge in [-0.2, -0.15) is 0 Å². The Bertz CT molecular complexity index is 205. The number of likely N-dealkylation sites (tertiary alicyclic amines) is 1. The van der Waals surface area contributed by atoms with Gasteiger partial charge in [0, 0.05) is 19.5 Å². The number of likely N-dealkylation sites (N-methyl/N-ethyl adjacent to an activating group) is 1. The zero-order chi connectivity index (χ0) is 8.72. The molecule has 2 aliphatic rings. The van der Waals surface area contributed by atoms with Crippen molar-refractivity contribution in [3.8, 4) is 0 Å². The number of nitrogens with zero attached hydrogens (tertiary/aromatic N) is 1. The molecular formula is C9H15NO2. The van der Waals surface area contributed by atoms with Crippen molar-refractivity contribution in [1.29, 1.82) is 0 Å². The third kappa shape index (κ3) is 1.22. The highest BCUT2D eigenvalue weighted by Crippen LogP contribution is 2.38. The maximum Gasteiger partial charge on any atom is 0.302 e. The fraction of sp³-hybridized carbons (Fsp3) is 0.889. The van der Waals surface area contributed by atoms with Crippen LogP contribution in [0.2, 0.25) is 0 Å². The van der Waals surface area contributed by atoms with Crippen LogP contribution < -0.4 is 0 Å². The van der Waals surface area contributed by atoms with Gasteiger partial charge in [-0.05, 0) is 25.8 Å². The van der Waals surface area contributed by atoms with Crippen molar-refractivity contribution in [3.05, 3.63) is 0 Å². The van der Waals surface area contributed by atoms with Crippen LogP contribution in [0.5, 0.6) is 0 Å². The molecule has 0 aromatic rings. The van der Waals surface area contributed by atoms with Crippen LogP contribution in [0.1, 0.15) is 19.8 Å². The van der Waals surface area contributed by atoms with E-state index in [1.165, 1.54) is 19.9 Å². The normalized spacial score (nSPS) is 40.3. The number of hydrogen-bond donors (Lipinski definition) is 0. The predicted octanol–water partition coefficient (Wildman–Crippen LogP) is 0.642. The topological polar surface area (TPSA) is 29.5 Å². The molecule has 0 N–H and O–H groups in total. The number of ether oxygens (including phenoxy) is 1. The molecular weight excluding hydrogens is 154 g/mol. The van der Waals surface area contributed by atoms with Gasteiger partial charge >= 0.3 is 5.97 Å². The largest absolute Gasteiger partial charge is 0.461 e. The lowest BCUT2D eigenvalue weighted by Crippen LogP contribution is -2.40. The van der Waals surface area contributed by atoms with E-state index < -0.39 is 0 Å². The van der Waals surface area contributed by atoms with Crippen LogP contribution in [0.15, 0.2) is 0 Å². The number of carbonyl (C=O) groups is 1. The molecule has 0 unspecified atom stereocenters. The van der Waals surface area contributed by atoms with Gasteiger partial charge in [-0.25, -0.2) is 0 Å². The lowest BCUT2D eigenvalue weighted by Gasteiger charge is -2.29. The van der Waals surface area contributed by atoms with Gasteiger partial charge in [0.05, 0.1) is 0 Å². The average molecular weight is 169 g/mol. The number of piperidine rings is 1. The van der Waals surface area contributed by atoms with Crippen molar-refractivity contribution >= 4 is 5.97 Å². The molecule has 3 atom stereocenters. The molecule has 0 aromatic carbocycles. The van der Waals surface area contributed by atoms with Gasteiger partial charge < -0.3 is 4.74 Å². The van der Waals surface area contributed by atoms with E-state index >= 15 is 0 Å². The van der Waals surface area contributed by atoms with E-state index in [2.05, 4.69) is 11.9 Å². The lowest BCUT2D eigenvalue weighted by atomic mass is 10.1. The summed E-state index contributed by atoms with van der Waals surface area (Å²) >= 11 is 0. The van der Waals surface area contributed by atoms with Gasteiger partial charge in [-0.1, -0.05) is 0 Å². The SMILES string of the molecule is CC(=O)O[C@H]1C[C@@H]2C[C@H]1N(C)C2. The summed E-state index contributed by atoms with van der Waals surface area (Å²) in [5, 5.41) is 0. The van der Waals surface area contributed by atoms with Crippen LogP contribution in [0.3, 0.4) is 0 Å². The van der Waals surface area contributed by atoms with E-state index in [-0.39, 0.29) is 12.1 Å². The Morgan fingerprint density at radius 1 is 1.50 bits per heavy atom. The lowest BCUT2D eigenvalue weighted by molar-refractivity contribution is -0.149. The first-order chi connectivity index (χ1) is 5.66. The number of hydrogen-bond acceptors (Lipinski definition) is 3. The molecule has 3 heteroatoms. The number of rotatable bonds is 1. The molecule has 2 fully saturated rings. The van der Waals surface area contributed by atoms with Crippen LogP contribution in [-0.2, 0) is 9.53 Å². The Morgan fingerprint density at radius 2 is 2.25 bits per heavy atom. The Labute approximate surface area is 72.7 Å². The fourth-order valence-electron chi connectivity index (χ4n) is 2.57. The summed E-state index contributed by atoms with van der Waals surface area (Å²) in [4.78, 5) is 13.0. The first-order valence-electron chi connectivity index (χ1n) is 4.54. The van der Waals surface area contributed by atoms with Crippen molar-refractivity contribution in [2.24, 2.45) is 5.92 Å². The minimum Gasteiger partial charge on any atom is -0.461 e. The summed E-state index contributed by atoms with van der Waals surface area (Å²) in [6, 6.07) is 0.499. The minimum absolute atomic E-state index is 0.138. The predicted molar refractivity (Wildman–Crippen MR) is 44.7 cm³/mol. The smallest absolute Gasteiger partial charge is 0.302 e. The van der Waals surface area contributed by atoms with E-state index in [1.807, 2.05) is 0 Å². The molecule has 0 aromatic heterocycles. The Kier molecular flexibility index (Phi) is 1.83. The average Bonchev–Trinajstić information content (AvgIpc) is 2.43. The summed E-state index contributed by atoms with van der Waals surface area (Å²) < 4.78 is 5.23. The van der Waals surface area contributed by atoms with E-state index in [1.54, 1.807) is 0 Å². The van der Waals surface area contributed by atoms with Crippen molar-refractivity contribution in [2.75, 3.05) is 13.6 Å². The number of fused-ring (bicyclic) bond motifs is 2. The highest BCUT2D eigenvalue weighted by molar-refractivity contribution is 5.66. The van der Waals surface area contributed by atoms with Crippen LogP contribution in [0.4, 0.5) is 0 Å². The molecule has 12 heavy (non-hydrogen) atoms. The van der Waals surface area contributed by atoms with Gasteiger partial charge in [-0.3, -0.25) is 9.69 Å². The Hall–Kier alpha value is -0.570. The molecule has 0 spiro atoms. The first kappa shape index (κ1) is 8.05. The maximum atomic E-state index is 10.7. The zero-order valence-corrected chi connectivity index (χ0v) is 7.62. The van der Waals surface area contributed by atoms with Gasteiger partial charge in [0.2, 0.25) is 0 Å². The molecule has 1 aliphatic carbocycles. The van der Waals surface area contributed by atoms with Crippen LogP contribution >= 0.6 is 0 Å². The maximum absolute atomic E-state index is 10.7. The fourth-order valence-corrected chi connectivity index (χ4v) is 2.57. The van der Waals surface area contributed by atoms with Crippen LogP contribution in [0.25, 0.3) is 0 Å². The summed E-state index contributed by atoms with van der Waals surface area (Å²) in [5.41, 5.74) is 0. The molecule has 2 rings (SSSR count). The van der Waals surface area contributed by atoms with Crippen LogP contribution in [0, 0.1) is 5.92 Å². The third-order valence-electron chi connectivity index (χ3n) is 3.00. The molecule has 1 aliphatic heterocycles. The standard InChI is InChI=1S/C9H15NO2/c1-6(11)12-9-4-7-3-8(9)10(2)5-7/h7-9H,3-5H2,1-2H3/t7-,8+,9-/m0/s1.